The number of hydrogen-bond donors (Lipinski definition) is 1. The van der Waals surface area contributed by atoms with Gasteiger partial charge in [-0.3, -0.25) is 0 Å². The molecule has 22 heavy (non-hydrogen) atoms. The minimum atomic E-state index is -2.41. The van der Waals surface area contributed by atoms with Gasteiger partial charge in [-0.25, -0.2) is 19.2 Å². The van der Waals surface area contributed by atoms with Crippen LogP contribution in [-0.2, 0) is 6.54 Å². The molecule has 2 aliphatic heterocycles. The molecule has 1 atom stereocenters. The van der Waals surface area contributed by atoms with Gasteiger partial charge in [0.1, 0.15) is 19.1 Å². The molecule has 1 unspecified atom stereocenters. The summed E-state index contributed by atoms with van der Waals surface area (Å²) >= 11 is 0. The number of imidazole rings is 1. The number of rotatable bonds is 4. The lowest BCUT2D eigenvalue weighted by atomic mass is 10.4. The summed E-state index contributed by atoms with van der Waals surface area (Å²) < 4.78 is 26.7. The highest BCUT2D eigenvalue weighted by molar-refractivity contribution is 5.96. The highest BCUT2D eigenvalue weighted by Gasteiger charge is 2.35. The van der Waals surface area contributed by atoms with Gasteiger partial charge in [-0.2, -0.15) is 4.99 Å². The van der Waals surface area contributed by atoms with Crippen molar-refractivity contribution in [3.8, 4) is 0 Å². The lowest BCUT2D eigenvalue weighted by Gasteiger charge is -2.27. The Kier molecular flexibility index (Phi) is 3.53. The molecule has 0 fully saturated rings. The molecule has 2 aliphatic rings. The lowest BCUT2D eigenvalue weighted by Crippen LogP contribution is -2.48. The quantitative estimate of drug-likeness (QED) is 0.862. The fourth-order valence-corrected chi connectivity index (χ4v) is 2.28. The Labute approximate surface area is 126 Å². The number of nitrogens with one attached hydrogen (secondary N) is 1. The molecule has 0 saturated carbocycles. The molecule has 1 aromatic heterocycles. The van der Waals surface area contributed by atoms with Crippen molar-refractivity contribution in [2.24, 2.45) is 4.99 Å². The van der Waals surface area contributed by atoms with Gasteiger partial charge >= 0.3 is 0 Å². The number of nitrogens with zero attached hydrogens (tertiary/aromatic N) is 5. The minimum absolute atomic E-state index is 0.369. The zero-order valence-electron chi connectivity index (χ0n) is 12.3. The summed E-state index contributed by atoms with van der Waals surface area (Å²) in [6.07, 6.45) is 9.87. The molecule has 116 valence electrons. The van der Waals surface area contributed by atoms with Crippen LogP contribution in [0, 0.1) is 0 Å². The van der Waals surface area contributed by atoms with Crippen LogP contribution < -0.4 is 5.43 Å². The fraction of sp³-hybridized carbons (Fsp3) is 0.286. The van der Waals surface area contributed by atoms with E-state index in [1.54, 1.807) is 12.2 Å². The van der Waals surface area contributed by atoms with Crippen molar-refractivity contribution in [2.75, 3.05) is 14.1 Å². The van der Waals surface area contributed by atoms with E-state index in [-0.39, 0.29) is 6.54 Å². The molecule has 0 aliphatic carbocycles. The van der Waals surface area contributed by atoms with Gasteiger partial charge in [0, 0.05) is 19.4 Å². The third-order valence-corrected chi connectivity index (χ3v) is 3.45. The number of alkyl halides is 2. The second-order valence-corrected chi connectivity index (χ2v) is 5.30. The van der Waals surface area contributed by atoms with Crippen LogP contribution in [0.3, 0.4) is 0 Å². The topological polar surface area (TPSA) is 45.5 Å². The molecule has 6 nitrogen and oxygen atoms in total. The molecule has 1 aromatic rings. The molecule has 0 radical (unpaired) electrons. The monoisotopic (exact) mass is 307 g/mol. The number of hydrogen-bond acceptors (Lipinski definition) is 4. The van der Waals surface area contributed by atoms with Crippen molar-refractivity contribution in [1.29, 1.82) is 0 Å². The van der Waals surface area contributed by atoms with Gasteiger partial charge in [0.05, 0.1) is 18.9 Å². The highest BCUT2D eigenvalue weighted by atomic mass is 19.3. The van der Waals surface area contributed by atoms with Crippen LogP contribution >= 0.6 is 0 Å². The number of aliphatic imine (C=N–C) groups is 1. The second-order valence-electron chi connectivity index (χ2n) is 5.30. The summed E-state index contributed by atoms with van der Waals surface area (Å²) in [5, 5.41) is 0. The van der Waals surface area contributed by atoms with Crippen molar-refractivity contribution in [2.45, 2.75) is 13.0 Å². The zero-order chi connectivity index (χ0) is 15.7. The SMILES string of the molecule is CN1C=C[N+]2(C)NC(/C=C/c3nccn3CC(F)F)=NC2=C1. The van der Waals surface area contributed by atoms with E-state index in [0.29, 0.717) is 16.3 Å². The average molecular weight is 307 g/mol. The van der Waals surface area contributed by atoms with Crippen molar-refractivity contribution in [1.82, 2.24) is 19.9 Å². The normalized spacial score (nSPS) is 23.8. The third-order valence-electron chi connectivity index (χ3n) is 3.45. The van der Waals surface area contributed by atoms with E-state index in [0.717, 1.165) is 5.82 Å². The predicted octanol–water partition coefficient (Wildman–Crippen LogP) is 1.74. The first-order chi connectivity index (χ1) is 10.5. The maximum atomic E-state index is 12.5. The van der Waals surface area contributed by atoms with E-state index >= 15 is 0 Å². The van der Waals surface area contributed by atoms with Crippen molar-refractivity contribution < 1.29 is 13.4 Å². The molecule has 3 heterocycles. The van der Waals surface area contributed by atoms with Crippen LogP contribution in [0.4, 0.5) is 8.78 Å². The average Bonchev–Trinajstić information content (AvgIpc) is 3.00. The first kappa shape index (κ1) is 14.5. The number of fused-ring (bicyclic) bond motifs is 1. The van der Waals surface area contributed by atoms with Gasteiger partial charge < -0.3 is 9.47 Å². The Morgan fingerprint density at radius 3 is 3.00 bits per heavy atom. The molecule has 0 aromatic carbocycles. The Morgan fingerprint density at radius 2 is 2.23 bits per heavy atom. The third kappa shape index (κ3) is 2.77. The van der Waals surface area contributed by atoms with Gasteiger partial charge in [0.15, 0.2) is 5.84 Å². The summed E-state index contributed by atoms with van der Waals surface area (Å²) in [4.78, 5) is 10.5. The van der Waals surface area contributed by atoms with Crippen LogP contribution in [0.1, 0.15) is 5.82 Å². The molecule has 0 bridgehead atoms. The van der Waals surface area contributed by atoms with Crippen molar-refractivity contribution >= 4 is 11.9 Å². The van der Waals surface area contributed by atoms with E-state index in [1.807, 2.05) is 37.6 Å². The van der Waals surface area contributed by atoms with E-state index in [4.69, 9.17) is 0 Å². The highest BCUT2D eigenvalue weighted by Crippen LogP contribution is 2.24. The molecule has 3 rings (SSSR count). The van der Waals surface area contributed by atoms with Crippen LogP contribution in [-0.4, -0.2) is 45.4 Å². The fourth-order valence-electron chi connectivity index (χ4n) is 2.28. The number of halogens is 2. The summed E-state index contributed by atoms with van der Waals surface area (Å²) in [6.45, 7) is -0.369. The number of amidine groups is 1. The first-order valence-electron chi connectivity index (χ1n) is 6.80. The Morgan fingerprint density at radius 1 is 1.41 bits per heavy atom. The molecule has 0 saturated heterocycles. The Hall–Kier alpha value is -2.48. The smallest absolute Gasteiger partial charge is 0.275 e. The van der Waals surface area contributed by atoms with Crippen molar-refractivity contribution in [3.05, 3.63) is 48.7 Å². The standard InChI is InChI=1S/C14H17F2N6/c1-20-7-8-22(2)14(10-20)18-12(19-22)3-4-13-17-5-6-21(13)9-11(15)16/h3-8,10-11H,9H2,1-2H3,(H,18,19)/q+1/b4-3+. The van der Waals surface area contributed by atoms with Crippen LogP contribution in [0.25, 0.3) is 6.08 Å². The Balaban J connectivity index is 1.78. The number of quaternary nitrogens is 1. The van der Waals surface area contributed by atoms with Crippen LogP contribution in [0.15, 0.2) is 47.9 Å². The summed E-state index contributed by atoms with van der Waals surface area (Å²) in [7, 11) is 3.90. The van der Waals surface area contributed by atoms with Crippen LogP contribution in [0.2, 0.25) is 0 Å². The van der Waals surface area contributed by atoms with E-state index in [9.17, 15) is 8.78 Å². The molecular weight excluding hydrogens is 290 g/mol. The maximum Gasteiger partial charge on any atom is 0.275 e. The van der Waals surface area contributed by atoms with Gasteiger partial charge in [-0.15, -0.1) is 4.59 Å². The van der Waals surface area contributed by atoms with Gasteiger partial charge in [-0.05, 0) is 12.2 Å². The maximum absolute atomic E-state index is 12.5. The lowest BCUT2D eigenvalue weighted by molar-refractivity contribution is -0.853. The molecule has 0 amide bonds. The van der Waals surface area contributed by atoms with Gasteiger partial charge in [-0.1, -0.05) is 0 Å². The molecule has 8 heteroatoms. The van der Waals surface area contributed by atoms with Gasteiger partial charge in [0.25, 0.3) is 12.2 Å². The summed E-state index contributed by atoms with van der Waals surface area (Å²) in [5.74, 6) is 1.97. The predicted molar refractivity (Wildman–Crippen MR) is 79.0 cm³/mol. The Bertz CT molecular complexity index is 687. The first-order valence-corrected chi connectivity index (χ1v) is 6.80. The largest absolute Gasteiger partial charge is 0.346 e. The van der Waals surface area contributed by atoms with E-state index in [1.165, 1.54) is 17.0 Å². The van der Waals surface area contributed by atoms with E-state index in [2.05, 4.69) is 15.4 Å². The summed E-state index contributed by atoms with van der Waals surface area (Å²) in [5.41, 5.74) is 3.25. The van der Waals surface area contributed by atoms with Crippen LogP contribution in [0.5, 0.6) is 0 Å². The number of aromatic nitrogens is 2. The molecule has 1 N–H and O–H groups in total. The summed E-state index contributed by atoms with van der Waals surface area (Å²) in [6, 6.07) is 0. The van der Waals surface area contributed by atoms with E-state index < -0.39 is 6.43 Å². The second kappa shape index (κ2) is 5.38. The molecular formula is C14H17F2N6+. The minimum Gasteiger partial charge on any atom is -0.346 e. The zero-order valence-corrected chi connectivity index (χ0v) is 12.3. The van der Waals surface area contributed by atoms with Crippen molar-refractivity contribution in [3.63, 3.8) is 0 Å². The molecule has 0 spiro atoms. The van der Waals surface area contributed by atoms with Gasteiger partial charge in [0.2, 0.25) is 0 Å².